The molecule has 0 amide bonds. The molecule has 5 N–H and O–H groups in total. The second kappa shape index (κ2) is 27.5. The molecule has 90 heavy (non-hydrogen) atoms. The summed E-state index contributed by atoms with van der Waals surface area (Å²) in [4.78, 5) is 25.4. The number of aromatic nitrogens is 7. The van der Waals surface area contributed by atoms with Crippen LogP contribution in [0.15, 0.2) is 183 Å². The number of benzene rings is 7. The average molecular weight is 1220 g/mol. The van der Waals surface area contributed by atoms with Crippen molar-refractivity contribution in [2.24, 2.45) is 0 Å². The summed E-state index contributed by atoms with van der Waals surface area (Å²) in [5.41, 5.74) is 18.6. The number of pyridine rings is 1. The molecule has 0 radical (unpaired) electrons. The standard InChI is InChI=1S/C17H18N2.C16H23N.C13H17N.C12H14FN.C12H13N.C11H12ClN/c1-17(2,3)13-9-10-14-15(11-13)19-16(18-14)12-7-5-4-6-8-12;1-15(2,3)12-9-11-7-8-17-14(11)10-13(12)16(4,5)6;1-9-8-14-11-7-5-6-10(12(9)11)13(2,3)4;1-12(2,3)9-7-11-8(4-5-14-11)6-10(9)13;1-9(2)12-7-10-5-3-4-6-11(10)8-13-12;1-7(2)9-6-11-8(3-4-13-11)5-10(9)12/h4-11H,1-3H3,(H,18,19);7-10,17H,1-6H3;5-8,14H,1-4H3;4-7,14H,1-3H3;3-9H,1-2H3;3-7,13H,1-2H3. The van der Waals surface area contributed by atoms with Gasteiger partial charge >= 0.3 is 0 Å². The summed E-state index contributed by atoms with van der Waals surface area (Å²) in [7, 11) is 0. The van der Waals surface area contributed by atoms with E-state index < -0.39 is 0 Å². The minimum Gasteiger partial charge on any atom is -0.361 e. The van der Waals surface area contributed by atoms with Crippen LogP contribution in [0.1, 0.15) is 188 Å². The number of fused-ring (bicyclic) bond motifs is 6. The lowest BCUT2D eigenvalue weighted by molar-refractivity contribution is 0.524. The Kier molecular flexibility index (Phi) is 20.7. The van der Waals surface area contributed by atoms with Crippen LogP contribution in [0, 0.1) is 12.7 Å². The van der Waals surface area contributed by atoms with Crippen molar-refractivity contribution >= 4 is 77.0 Å². The van der Waals surface area contributed by atoms with Crippen molar-refractivity contribution in [3.63, 3.8) is 0 Å². The van der Waals surface area contributed by atoms with Crippen LogP contribution in [-0.4, -0.2) is 34.9 Å². The van der Waals surface area contributed by atoms with Crippen molar-refractivity contribution in [1.29, 1.82) is 0 Å². The van der Waals surface area contributed by atoms with Crippen LogP contribution in [0.3, 0.4) is 0 Å². The monoisotopic (exact) mass is 1220 g/mol. The van der Waals surface area contributed by atoms with E-state index in [1.807, 2.05) is 94.1 Å². The van der Waals surface area contributed by atoms with Gasteiger partial charge in [0.1, 0.15) is 11.6 Å². The predicted octanol–water partition coefficient (Wildman–Crippen LogP) is 24.0. The fourth-order valence-electron chi connectivity index (χ4n) is 11.1. The SMILES string of the molecule is CC(C)(C)c1cc2[nH]ccc2cc1F.CC(C)(C)c1cc2cc[nH]c2cc1C(C)(C)C.CC(C)(C)c1ccc2nc(-c3ccccc3)[nH]c2c1.CC(C)c1cc2[nH]ccc2cc1Cl.CC(C)c1cc2ccccc2cn1.Cc1c[nH]c2cccc(C(C)(C)C)c12. The molecule has 0 saturated heterocycles. The highest BCUT2D eigenvalue weighted by molar-refractivity contribution is 6.32. The van der Waals surface area contributed by atoms with Gasteiger partial charge in [0.2, 0.25) is 0 Å². The molecule has 7 nitrogen and oxygen atoms in total. The Labute approximate surface area is 540 Å². The highest BCUT2D eigenvalue weighted by atomic mass is 35.5. The predicted molar refractivity (Wildman–Crippen MR) is 388 cm³/mol. The van der Waals surface area contributed by atoms with Crippen molar-refractivity contribution in [3.05, 3.63) is 238 Å². The third-order valence-electron chi connectivity index (χ3n) is 16.4. The Morgan fingerprint density at radius 1 is 0.433 bits per heavy atom. The number of nitrogens with one attached hydrogen (secondary N) is 5. The van der Waals surface area contributed by atoms with Crippen molar-refractivity contribution in [2.75, 3.05) is 0 Å². The van der Waals surface area contributed by atoms with Gasteiger partial charge in [-0.1, -0.05) is 216 Å². The van der Waals surface area contributed by atoms with Crippen LogP contribution >= 0.6 is 11.6 Å². The maximum absolute atomic E-state index is 13.7. The lowest BCUT2D eigenvalue weighted by Gasteiger charge is -2.30. The second-order valence-corrected chi connectivity index (χ2v) is 30.1. The zero-order chi connectivity index (χ0) is 65.7. The number of rotatable bonds is 3. The number of halogens is 2. The lowest BCUT2D eigenvalue weighted by atomic mass is 9.75. The topological polar surface area (TPSA) is 105 Å². The van der Waals surface area contributed by atoms with Crippen LogP contribution in [0.5, 0.6) is 0 Å². The van der Waals surface area contributed by atoms with Crippen LogP contribution in [0.4, 0.5) is 4.39 Å². The number of hydrogen-bond donors (Lipinski definition) is 5. The van der Waals surface area contributed by atoms with Gasteiger partial charge in [0, 0.05) is 90.9 Å². The van der Waals surface area contributed by atoms with Gasteiger partial charge in [-0.3, -0.25) is 4.98 Å². The molecule has 0 bridgehead atoms. The van der Waals surface area contributed by atoms with Gasteiger partial charge in [0.15, 0.2) is 0 Å². The molecule has 0 aliphatic carbocycles. The van der Waals surface area contributed by atoms with E-state index >= 15 is 0 Å². The Bertz CT molecular complexity index is 4440. The molecule has 0 atom stereocenters. The number of aromatic amines is 5. The number of nitrogens with zero attached hydrogens (tertiary/aromatic N) is 2. The van der Waals surface area contributed by atoms with Crippen LogP contribution < -0.4 is 0 Å². The summed E-state index contributed by atoms with van der Waals surface area (Å²) in [6.07, 6.45) is 9.82. The van der Waals surface area contributed by atoms with Gasteiger partial charge in [-0.15, -0.1) is 0 Å². The van der Waals surface area contributed by atoms with E-state index in [9.17, 15) is 4.39 Å². The van der Waals surface area contributed by atoms with Gasteiger partial charge in [-0.05, 0) is 174 Å². The van der Waals surface area contributed by atoms with E-state index in [4.69, 9.17) is 11.6 Å². The molecule has 7 aromatic carbocycles. The molecule has 13 rings (SSSR count). The molecule has 0 aliphatic heterocycles. The molecule has 470 valence electrons. The third kappa shape index (κ3) is 16.8. The Morgan fingerprint density at radius 3 is 1.53 bits per heavy atom. The quantitative estimate of drug-likeness (QED) is 0.122. The van der Waals surface area contributed by atoms with Crippen molar-refractivity contribution in [2.45, 2.75) is 177 Å². The van der Waals surface area contributed by atoms with Gasteiger partial charge in [0.25, 0.3) is 0 Å². The summed E-state index contributed by atoms with van der Waals surface area (Å²) in [5.74, 6) is 1.79. The maximum Gasteiger partial charge on any atom is 0.138 e. The number of H-pyrrole nitrogens is 5. The van der Waals surface area contributed by atoms with E-state index in [1.54, 1.807) is 6.07 Å². The zero-order valence-electron chi connectivity index (χ0n) is 57.1. The van der Waals surface area contributed by atoms with E-state index in [0.717, 1.165) is 49.4 Å². The average Bonchev–Trinajstić information content (AvgIpc) is 1.39. The normalized spacial score (nSPS) is 12.1. The zero-order valence-corrected chi connectivity index (χ0v) is 57.9. The van der Waals surface area contributed by atoms with Crippen LogP contribution in [0.2, 0.25) is 5.02 Å². The van der Waals surface area contributed by atoms with E-state index in [0.29, 0.717) is 11.8 Å². The molecule has 0 unspecified atom stereocenters. The Balaban J connectivity index is 0.000000140. The first-order chi connectivity index (χ1) is 42.2. The smallest absolute Gasteiger partial charge is 0.138 e. The first-order valence-electron chi connectivity index (χ1n) is 31.8. The fraction of sp³-hybridized carbons (Fsp3) is 0.333. The van der Waals surface area contributed by atoms with Gasteiger partial charge < -0.3 is 24.9 Å². The second-order valence-electron chi connectivity index (χ2n) is 29.7. The number of hydrogen-bond acceptors (Lipinski definition) is 2. The number of aryl methyl sites for hydroxylation is 1. The first kappa shape index (κ1) is 67.7. The Morgan fingerprint density at radius 2 is 0.967 bits per heavy atom. The summed E-state index contributed by atoms with van der Waals surface area (Å²) in [6.45, 7) is 44.0. The third-order valence-corrected chi connectivity index (χ3v) is 16.7. The summed E-state index contributed by atoms with van der Waals surface area (Å²) in [5, 5.41) is 8.16. The maximum atomic E-state index is 13.7. The van der Waals surface area contributed by atoms with Crippen LogP contribution in [-0.2, 0) is 27.1 Å². The van der Waals surface area contributed by atoms with Gasteiger partial charge in [0.05, 0.1) is 11.0 Å². The highest BCUT2D eigenvalue weighted by Gasteiger charge is 2.26. The fourth-order valence-corrected chi connectivity index (χ4v) is 11.5. The Hall–Kier alpha value is -8.20. The molecule has 9 heteroatoms. The first-order valence-corrected chi connectivity index (χ1v) is 32.2. The van der Waals surface area contributed by atoms with E-state index in [2.05, 4.69) is 256 Å². The summed E-state index contributed by atoms with van der Waals surface area (Å²) >= 11 is 6.14. The molecular weight excluding hydrogens is 1130 g/mol. The van der Waals surface area contributed by atoms with Crippen molar-refractivity contribution in [1.82, 2.24) is 34.9 Å². The van der Waals surface area contributed by atoms with Crippen LogP contribution in [0.25, 0.3) is 76.8 Å². The number of imidazole rings is 1. The van der Waals surface area contributed by atoms with E-state index in [-0.39, 0.29) is 32.9 Å². The molecule has 6 aromatic heterocycles. The van der Waals surface area contributed by atoms with Crippen molar-refractivity contribution < 1.29 is 4.39 Å². The summed E-state index contributed by atoms with van der Waals surface area (Å²) in [6, 6.07) is 52.0. The largest absolute Gasteiger partial charge is 0.361 e. The molecule has 0 saturated carbocycles. The lowest BCUT2D eigenvalue weighted by Crippen LogP contribution is -2.21. The van der Waals surface area contributed by atoms with Gasteiger partial charge in [-0.25, -0.2) is 9.37 Å². The minimum atomic E-state index is -0.149. The highest BCUT2D eigenvalue weighted by Crippen LogP contribution is 2.38. The molecule has 0 fully saturated rings. The van der Waals surface area contributed by atoms with E-state index in [1.165, 1.54) is 77.0 Å². The molecular formula is C81H97ClFN7. The summed E-state index contributed by atoms with van der Waals surface area (Å²) < 4.78 is 13.7. The molecule has 0 spiro atoms. The molecule has 13 aromatic rings. The van der Waals surface area contributed by atoms with Gasteiger partial charge in [-0.2, -0.15) is 0 Å². The van der Waals surface area contributed by atoms with Crippen molar-refractivity contribution in [3.8, 4) is 11.4 Å². The minimum absolute atomic E-state index is 0.121. The molecule has 0 aliphatic rings. The molecule has 6 heterocycles.